The summed E-state index contributed by atoms with van der Waals surface area (Å²) >= 11 is 0. The fraction of sp³-hybridized carbons (Fsp3) is 0.389. The molecule has 1 aromatic heterocycles. The number of carbonyl (C=O) groups excluding carboxylic acids is 1. The van der Waals surface area contributed by atoms with E-state index < -0.39 is 0 Å². The van der Waals surface area contributed by atoms with Crippen molar-refractivity contribution in [2.45, 2.75) is 25.9 Å². The monoisotopic (exact) mass is 342 g/mol. The molecular formula is C18H22N4O3. The predicted molar refractivity (Wildman–Crippen MR) is 93.9 cm³/mol. The highest BCUT2D eigenvalue weighted by Crippen LogP contribution is 2.24. The Morgan fingerprint density at radius 2 is 2.04 bits per heavy atom. The number of hydrogen-bond acceptors (Lipinski definition) is 5. The van der Waals surface area contributed by atoms with E-state index in [0.717, 1.165) is 12.8 Å². The van der Waals surface area contributed by atoms with Gasteiger partial charge in [-0.3, -0.25) is 0 Å². The molecule has 0 atom stereocenters. The third kappa shape index (κ3) is 4.59. The van der Waals surface area contributed by atoms with Crippen LogP contribution < -0.4 is 14.8 Å². The largest absolute Gasteiger partial charge is 0.492 e. The zero-order chi connectivity index (χ0) is 17.5. The maximum absolute atomic E-state index is 12.5. The first-order valence-electron chi connectivity index (χ1n) is 8.48. The first-order chi connectivity index (χ1) is 12.3. The fourth-order valence-electron chi connectivity index (χ4n) is 2.74. The van der Waals surface area contributed by atoms with Gasteiger partial charge in [-0.2, -0.15) is 5.10 Å². The van der Waals surface area contributed by atoms with Gasteiger partial charge < -0.3 is 19.7 Å². The van der Waals surface area contributed by atoms with Gasteiger partial charge in [-0.1, -0.05) is 12.1 Å². The lowest BCUT2D eigenvalue weighted by Crippen LogP contribution is -2.43. The highest BCUT2D eigenvalue weighted by Gasteiger charge is 2.24. The fourth-order valence-corrected chi connectivity index (χ4v) is 2.74. The van der Waals surface area contributed by atoms with E-state index in [2.05, 4.69) is 15.5 Å². The molecule has 0 aliphatic carbocycles. The van der Waals surface area contributed by atoms with Crippen LogP contribution in [-0.2, 0) is 0 Å². The Morgan fingerprint density at radius 3 is 2.76 bits per heavy atom. The lowest BCUT2D eigenvalue weighted by atomic mass is 10.1. The second-order valence-electron chi connectivity index (χ2n) is 5.73. The molecule has 1 aromatic carbocycles. The number of benzene rings is 1. The van der Waals surface area contributed by atoms with Crippen molar-refractivity contribution in [3.05, 3.63) is 42.6 Å². The van der Waals surface area contributed by atoms with Crippen molar-refractivity contribution in [1.29, 1.82) is 0 Å². The number of nitrogens with one attached hydrogen (secondary N) is 1. The van der Waals surface area contributed by atoms with Gasteiger partial charge >= 0.3 is 6.03 Å². The van der Waals surface area contributed by atoms with Crippen molar-refractivity contribution in [3.8, 4) is 11.6 Å². The Morgan fingerprint density at radius 1 is 1.24 bits per heavy atom. The number of nitrogens with zero attached hydrogens (tertiary/aromatic N) is 3. The SMILES string of the molecule is CCOc1ccccc1NC(=O)N1CCC(Oc2cccnn2)CC1. The summed E-state index contributed by atoms with van der Waals surface area (Å²) in [5, 5.41) is 10.7. The molecule has 0 bridgehead atoms. The van der Waals surface area contributed by atoms with E-state index in [1.807, 2.05) is 31.2 Å². The summed E-state index contributed by atoms with van der Waals surface area (Å²) in [5.41, 5.74) is 0.687. The summed E-state index contributed by atoms with van der Waals surface area (Å²) in [6, 6.07) is 10.9. The van der Waals surface area contributed by atoms with Gasteiger partial charge in [-0.25, -0.2) is 4.79 Å². The van der Waals surface area contributed by atoms with Crippen molar-refractivity contribution >= 4 is 11.7 Å². The van der Waals surface area contributed by atoms with Crippen molar-refractivity contribution in [3.63, 3.8) is 0 Å². The average molecular weight is 342 g/mol. The van der Waals surface area contributed by atoms with Crippen molar-refractivity contribution < 1.29 is 14.3 Å². The summed E-state index contributed by atoms with van der Waals surface area (Å²) in [6.45, 7) is 3.74. The van der Waals surface area contributed by atoms with Crippen molar-refractivity contribution in [1.82, 2.24) is 15.1 Å². The zero-order valence-electron chi connectivity index (χ0n) is 14.2. The molecule has 0 spiro atoms. The molecule has 2 heterocycles. The van der Waals surface area contributed by atoms with E-state index in [-0.39, 0.29) is 12.1 Å². The van der Waals surface area contributed by atoms with E-state index >= 15 is 0 Å². The Bertz CT molecular complexity index is 688. The van der Waals surface area contributed by atoms with Crippen molar-refractivity contribution in [2.75, 3.05) is 25.0 Å². The maximum Gasteiger partial charge on any atom is 0.321 e. The van der Waals surface area contributed by atoms with Gasteiger partial charge in [0.2, 0.25) is 5.88 Å². The minimum atomic E-state index is -0.120. The molecule has 0 unspecified atom stereocenters. The van der Waals surface area contributed by atoms with E-state index in [0.29, 0.717) is 37.0 Å². The van der Waals surface area contributed by atoms with Crippen molar-refractivity contribution in [2.24, 2.45) is 0 Å². The van der Waals surface area contributed by atoms with Crippen LogP contribution in [0.4, 0.5) is 10.5 Å². The number of piperidine rings is 1. The molecule has 0 radical (unpaired) electrons. The van der Waals surface area contributed by atoms with Crippen LogP contribution in [0.1, 0.15) is 19.8 Å². The molecule has 1 aliphatic heterocycles. The van der Waals surface area contributed by atoms with Gasteiger partial charge in [0.15, 0.2) is 0 Å². The summed E-state index contributed by atoms with van der Waals surface area (Å²) in [7, 11) is 0. The summed E-state index contributed by atoms with van der Waals surface area (Å²) < 4.78 is 11.3. The minimum absolute atomic E-state index is 0.0523. The molecule has 2 aromatic rings. The second-order valence-corrected chi connectivity index (χ2v) is 5.73. The molecule has 7 nitrogen and oxygen atoms in total. The van der Waals surface area contributed by atoms with Crippen LogP contribution in [-0.4, -0.2) is 46.9 Å². The number of likely N-dealkylation sites (tertiary alicyclic amines) is 1. The first-order valence-corrected chi connectivity index (χ1v) is 8.48. The molecule has 1 aliphatic rings. The van der Waals surface area contributed by atoms with Crippen LogP contribution in [0.25, 0.3) is 0 Å². The molecular weight excluding hydrogens is 320 g/mol. The highest BCUT2D eigenvalue weighted by molar-refractivity contribution is 5.91. The lowest BCUT2D eigenvalue weighted by Gasteiger charge is -2.32. The Hall–Kier alpha value is -2.83. The molecule has 132 valence electrons. The summed E-state index contributed by atoms with van der Waals surface area (Å²) in [6.07, 6.45) is 3.19. The third-order valence-corrected chi connectivity index (χ3v) is 3.99. The first kappa shape index (κ1) is 17.0. The number of urea groups is 1. The topological polar surface area (TPSA) is 76.6 Å². The molecule has 0 saturated carbocycles. The minimum Gasteiger partial charge on any atom is -0.492 e. The number of ether oxygens (including phenoxy) is 2. The van der Waals surface area contributed by atoms with E-state index in [9.17, 15) is 4.79 Å². The van der Waals surface area contributed by atoms with Gasteiger partial charge in [-0.05, 0) is 25.1 Å². The summed E-state index contributed by atoms with van der Waals surface area (Å²) in [5.74, 6) is 1.20. The van der Waals surface area contributed by atoms with Crippen LogP contribution in [0.3, 0.4) is 0 Å². The van der Waals surface area contributed by atoms with Crippen LogP contribution in [0.15, 0.2) is 42.6 Å². The van der Waals surface area contributed by atoms with E-state index in [1.165, 1.54) is 0 Å². The standard InChI is InChI=1S/C18H22N4O3/c1-2-24-16-7-4-3-6-15(16)20-18(23)22-12-9-14(10-13-22)25-17-8-5-11-19-21-17/h3-8,11,14H,2,9-10,12-13H2,1H3,(H,20,23). The number of hydrogen-bond donors (Lipinski definition) is 1. The summed E-state index contributed by atoms with van der Waals surface area (Å²) in [4.78, 5) is 14.3. The molecule has 2 amide bonds. The van der Waals surface area contributed by atoms with Gasteiger partial charge in [0.1, 0.15) is 11.9 Å². The number of amides is 2. The Labute approximate surface area is 147 Å². The molecule has 7 heteroatoms. The van der Waals surface area contributed by atoms with Gasteiger partial charge in [0.25, 0.3) is 0 Å². The number of carbonyl (C=O) groups is 1. The number of aromatic nitrogens is 2. The predicted octanol–water partition coefficient (Wildman–Crippen LogP) is 2.95. The molecule has 25 heavy (non-hydrogen) atoms. The lowest BCUT2D eigenvalue weighted by molar-refractivity contribution is 0.110. The molecule has 1 N–H and O–H groups in total. The maximum atomic E-state index is 12.5. The van der Waals surface area contributed by atoms with E-state index in [4.69, 9.17) is 9.47 Å². The van der Waals surface area contributed by atoms with Gasteiger partial charge in [0, 0.05) is 38.2 Å². The Balaban J connectivity index is 1.52. The van der Waals surface area contributed by atoms with Gasteiger partial charge in [0.05, 0.1) is 12.3 Å². The van der Waals surface area contributed by atoms with Crippen LogP contribution in [0.5, 0.6) is 11.6 Å². The van der Waals surface area contributed by atoms with Crippen LogP contribution in [0.2, 0.25) is 0 Å². The smallest absolute Gasteiger partial charge is 0.321 e. The zero-order valence-corrected chi connectivity index (χ0v) is 14.2. The van der Waals surface area contributed by atoms with Gasteiger partial charge in [-0.15, -0.1) is 5.10 Å². The number of anilines is 1. The Kier molecular flexibility index (Phi) is 5.66. The molecule has 1 fully saturated rings. The molecule has 1 saturated heterocycles. The highest BCUT2D eigenvalue weighted by atomic mass is 16.5. The normalized spacial score (nSPS) is 14.8. The molecule has 3 rings (SSSR count). The van der Waals surface area contributed by atoms with Crippen LogP contribution in [0, 0.1) is 0 Å². The van der Waals surface area contributed by atoms with E-state index in [1.54, 1.807) is 23.2 Å². The number of para-hydroxylation sites is 2. The third-order valence-electron chi connectivity index (χ3n) is 3.99. The average Bonchev–Trinajstić information content (AvgIpc) is 2.65. The quantitative estimate of drug-likeness (QED) is 0.904. The second kappa shape index (κ2) is 8.32. The van der Waals surface area contributed by atoms with Crippen LogP contribution >= 0.6 is 0 Å². The number of rotatable bonds is 5.